The Bertz CT molecular complexity index is 371. The van der Waals surface area contributed by atoms with Crippen molar-refractivity contribution in [3.63, 3.8) is 0 Å². The highest BCUT2D eigenvalue weighted by atomic mass is 16.4. The number of benzene rings is 1. The van der Waals surface area contributed by atoms with Crippen molar-refractivity contribution in [3.05, 3.63) is 35.4 Å². The van der Waals surface area contributed by atoms with Crippen LogP contribution in [0.5, 0.6) is 0 Å². The molecular weight excluding hydrogens is 212 g/mol. The zero-order chi connectivity index (χ0) is 13.1. The zero-order valence-electron chi connectivity index (χ0n) is 11.2. The molecule has 1 aromatic carbocycles. The molecule has 0 saturated carbocycles. The van der Waals surface area contributed by atoms with Gasteiger partial charge in [0, 0.05) is 0 Å². The number of carboxylic acids is 1. The van der Waals surface area contributed by atoms with E-state index in [1.807, 2.05) is 0 Å². The first kappa shape index (κ1) is 13.8. The molecule has 17 heavy (non-hydrogen) atoms. The highest BCUT2D eigenvalue weighted by Gasteiger charge is 2.13. The van der Waals surface area contributed by atoms with Crippen LogP contribution in [0.4, 0.5) is 0 Å². The van der Waals surface area contributed by atoms with Crippen LogP contribution in [0.15, 0.2) is 24.3 Å². The minimum Gasteiger partial charge on any atom is -0.481 e. The van der Waals surface area contributed by atoms with Gasteiger partial charge >= 0.3 is 5.97 Å². The summed E-state index contributed by atoms with van der Waals surface area (Å²) in [5.74, 6) is -0.978. The molecule has 0 fully saturated rings. The Balaban J connectivity index is 2.60. The minimum absolute atomic E-state index is 0.173. The van der Waals surface area contributed by atoms with Crippen molar-refractivity contribution in [1.29, 1.82) is 0 Å². The first-order valence-electron chi connectivity index (χ1n) is 6.13. The summed E-state index contributed by atoms with van der Waals surface area (Å²) in [5, 5.41) is 8.81. The number of rotatable bonds is 4. The lowest BCUT2D eigenvalue weighted by atomic mass is 9.86. The number of carboxylic acid groups (broad SMARTS) is 1. The normalized spacial score (nSPS) is 13.4. The molecule has 0 bridgehead atoms. The molecule has 1 aromatic rings. The third-order valence-corrected chi connectivity index (χ3v) is 3.11. The van der Waals surface area contributed by atoms with Gasteiger partial charge in [0.2, 0.25) is 0 Å². The number of carbonyl (C=O) groups is 1. The quantitative estimate of drug-likeness (QED) is 0.863. The Morgan fingerprint density at radius 1 is 1.24 bits per heavy atom. The standard InChI is InChI=1S/C15H22O2/c1-11(14(16)17)5-6-12-7-9-13(10-8-12)15(2,3)4/h7-11H,5-6H2,1-4H3,(H,16,17). The topological polar surface area (TPSA) is 37.3 Å². The molecule has 1 N–H and O–H groups in total. The summed E-state index contributed by atoms with van der Waals surface area (Å²) in [7, 11) is 0. The van der Waals surface area contributed by atoms with Gasteiger partial charge in [0.15, 0.2) is 0 Å². The number of hydrogen-bond donors (Lipinski definition) is 1. The average molecular weight is 234 g/mol. The van der Waals surface area contributed by atoms with Crippen LogP contribution in [0.3, 0.4) is 0 Å². The minimum atomic E-state index is -0.712. The molecule has 0 saturated heterocycles. The van der Waals surface area contributed by atoms with Gasteiger partial charge in [-0.3, -0.25) is 4.79 Å². The smallest absolute Gasteiger partial charge is 0.306 e. The van der Waals surface area contributed by atoms with Crippen molar-refractivity contribution in [2.45, 2.75) is 46.0 Å². The second-order valence-corrected chi connectivity index (χ2v) is 5.72. The largest absolute Gasteiger partial charge is 0.481 e. The number of aryl methyl sites for hydroxylation is 1. The molecule has 0 heterocycles. The van der Waals surface area contributed by atoms with E-state index in [0.717, 1.165) is 6.42 Å². The van der Waals surface area contributed by atoms with Crippen molar-refractivity contribution in [3.8, 4) is 0 Å². The summed E-state index contributed by atoms with van der Waals surface area (Å²) < 4.78 is 0. The molecular formula is C15H22O2. The first-order chi connectivity index (χ1) is 7.80. The van der Waals surface area contributed by atoms with E-state index in [1.54, 1.807) is 6.92 Å². The SMILES string of the molecule is CC(CCc1ccc(C(C)(C)C)cc1)C(=O)O. The highest BCUT2D eigenvalue weighted by molar-refractivity contribution is 5.69. The molecule has 0 amide bonds. The van der Waals surface area contributed by atoms with Crippen molar-refractivity contribution in [2.75, 3.05) is 0 Å². The Morgan fingerprint density at radius 2 is 1.76 bits per heavy atom. The van der Waals surface area contributed by atoms with E-state index in [4.69, 9.17) is 5.11 Å². The fraction of sp³-hybridized carbons (Fsp3) is 0.533. The second-order valence-electron chi connectivity index (χ2n) is 5.72. The van der Waals surface area contributed by atoms with Crippen molar-refractivity contribution < 1.29 is 9.90 Å². The first-order valence-corrected chi connectivity index (χ1v) is 6.13. The number of hydrogen-bond acceptors (Lipinski definition) is 1. The summed E-state index contributed by atoms with van der Waals surface area (Å²) in [6, 6.07) is 8.49. The lowest BCUT2D eigenvalue weighted by Crippen LogP contribution is -2.11. The van der Waals surface area contributed by atoms with E-state index < -0.39 is 5.97 Å². The molecule has 0 aromatic heterocycles. The van der Waals surface area contributed by atoms with Crippen molar-refractivity contribution in [1.82, 2.24) is 0 Å². The molecule has 0 aliphatic heterocycles. The van der Waals surface area contributed by atoms with Crippen LogP contribution in [0.2, 0.25) is 0 Å². The molecule has 0 spiro atoms. The molecule has 2 heteroatoms. The van der Waals surface area contributed by atoms with E-state index in [1.165, 1.54) is 11.1 Å². The molecule has 1 unspecified atom stereocenters. The maximum absolute atomic E-state index is 10.7. The fourth-order valence-corrected chi connectivity index (χ4v) is 1.68. The summed E-state index contributed by atoms with van der Waals surface area (Å²) in [6.45, 7) is 8.32. The molecule has 0 aliphatic rings. The van der Waals surface area contributed by atoms with Crippen LogP contribution in [0, 0.1) is 5.92 Å². The van der Waals surface area contributed by atoms with Gasteiger partial charge in [-0.15, -0.1) is 0 Å². The van der Waals surface area contributed by atoms with Gasteiger partial charge in [-0.25, -0.2) is 0 Å². The number of aliphatic carboxylic acids is 1. The van der Waals surface area contributed by atoms with Crippen molar-refractivity contribution >= 4 is 5.97 Å². The predicted molar refractivity (Wildman–Crippen MR) is 70.3 cm³/mol. The fourth-order valence-electron chi connectivity index (χ4n) is 1.68. The van der Waals surface area contributed by atoms with E-state index in [-0.39, 0.29) is 11.3 Å². The van der Waals surface area contributed by atoms with E-state index in [2.05, 4.69) is 45.0 Å². The molecule has 0 radical (unpaired) electrons. The summed E-state index contributed by atoms with van der Waals surface area (Å²) in [5.41, 5.74) is 2.70. The molecule has 1 rings (SSSR count). The maximum Gasteiger partial charge on any atom is 0.306 e. The van der Waals surface area contributed by atoms with E-state index in [9.17, 15) is 4.79 Å². The molecule has 1 atom stereocenters. The van der Waals surface area contributed by atoms with Gasteiger partial charge in [-0.1, -0.05) is 52.0 Å². The lowest BCUT2D eigenvalue weighted by molar-refractivity contribution is -0.141. The van der Waals surface area contributed by atoms with Gasteiger partial charge in [-0.05, 0) is 29.4 Å². The summed E-state index contributed by atoms with van der Waals surface area (Å²) in [4.78, 5) is 10.7. The molecule has 0 aliphatic carbocycles. The highest BCUT2D eigenvalue weighted by Crippen LogP contribution is 2.22. The van der Waals surface area contributed by atoms with Crippen LogP contribution in [-0.4, -0.2) is 11.1 Å². The third kappa shape index (κ3) is 4.22. The summed E-state index contributed by atoms with van der Waals surface area (Å²) >= 11 is 0. The second kappa shape index (κ2) is 5.35. The Kier molecular flexibility index (Phi) is 4.33. The van der Waals surface area contributed by atoms with Crippen LogP contribution >= 0.6 is 0 Å². The van der Waals surface area contributed by atoms with Gasteiger partial charge in [0.25, 0.3) is 0 Å². The summed E-state index contributed by atoms with van der Waals surface area (Å²) in [6.07, 6.45) is 1.53. The van der Waals surface area contributed by atoms with E-state index in [0.29, 0.717) is 6.42 Å². The van der Waals surface area contributed by atoms with Crippen LogP contribution in [0.1, 0.15) is 45.2 Å². The zero-order valence-corrected chi connectivity index (χ0v) is 11.2. The Morgan fingerprint density at radius 3 is 2.18 bits per heavy atom. The monoisotopic (exact) mass is 234 g/mol. The maximum atomic E-state index is 10.7. The Hall–Kier alpha value is -1.31. The van der Waals surface area contributed by atoms with Gasteiger partial charge in [0.05, 0.1) is 5.92 Å². The predicted octanol–water partition coefficient (Wildman–Crippen LogP) is 3.64. The molecule has 94 valence electrons. The van der Waals surface area contributed by atoms with Crippen LogP contribution in [-0.2, 0) is 16.6 Å². The van der Waals surface area contributed by atoms with Crippen LogP contribution < -0.4 is 0 Å². The average Bonchev–Trinajstić information content (AvgIpc) is 2.25. The van der Waals surface area contributed by atoms with Gasteiger partial charge < -0.3 is 5.11 Å². The molecule has 2 nitrogen and oxygen atoms in total. The Labute approximate surface area is 104 Å². The van der Waals surface area contributed by atoms with Gasteiger partial charge in [0.1, 0.15) is 0 Å². The van der Waals surface area contributed by atoms with E-state index >= 15 is 0 Å². The van der Waals surface area contributed by atoms with Crippen LogP contribution in [0.25, 0.3) is 0 Å². The lowest BCUT2D eigenvalue weighted by Gasteiger charge is -2.19. The van der Waals surface area contributed by atoms with Gasteiger partial charge in [-0.2, -0.15) is 0 Å². The van der Waals surface area contributed by atoms with Crippen molar-refractivity contribution in [2.24, 2.45) is 5.92 Å². The third-order valence-electron chi connectivity index (χ3n) is 3.11.